The molecule has 5 heteroatoms. The molecular formula is C13H17N3O2. The first-order valence-corrected chi connectivity index (χ1v) is 6.04. The van der Waals surface area contributed by atoms with Crippen LogP contribution in [0.1, 0.15) is 35.4 Å². The van der Waals surface area contributed by atoms with E-state index in [0.29, 0.717) is 23.2 Å². The lowest BCUT2D eigenvalue weighted by atomic mass is 10.0. The Kier molecular flexibility index (Phi) is 3.92. The summed E-state index contributed by atoms with van der Waals surface area (Å²) in [6.45, 7) is 1.80. The molecule has 0 radical (unpaired) electrons. The molecule has 1 unspecified atom stereocenters. The first-order valence-electron chi connectivity index (χ1n) is 6.04. The van der Waals surface area contributed by atoms with Crippen LogP contribution < -0.4 is 5.32 Å². The lowest BCUT2D eigenvalue weighted by Crippen LogP contribution is -2.23. The maximum Gasteiger partial charge on any atom is 0.343 e. The molecule has 1 aromatic heterocycles. The second-order valence-electron chi connectivity index (χ2n) is 4.30. The number of methoxy groups -OCH3 is 1. The van der Waals surface area contributed by atoms with Crippen molar-refractivity contribution >= 4 is 11.8 Å². The van der Waals surface area contributed by atoms with E-state index in [2.05, 4.69) is 27.4 Å². The second kappa shape index (κ2) is 5.62. The van der Waals surface area contributed by atoms with Crippen LogP contribution in [0.15, 0.2) is 18.3 Å². The molecule has 5 nitrogen and oxygen atoms in total. The van der Waals surface area contributed by atoms with Crippen LogP contribution in [0.2, 0.25) is 0 Å². The van der Waals surface area contributed by atoms with Gasteiger partial charge in [-0.1, -0.05) is 12.2 Å². The molecule has 18 heavy (non-hydrogen) atoms. The van der Waals surface area contributed by atoms with E-state index >= 15 is 0 Å². The number of nitrogens with one attached hydrogen (secondary N) is 1. The van der Waals surface area contributed by atoms with Crippen molar-refractivity contribution in [1.29, 1.82) is 0 Å². The Morgan fingerprint density at radius 3 is 3.00 bits per heavy atom. The predicted molar refractivity (Wildman–Crippen MR) is 68.5 cm³/mol. The number of hydrogen-bond acceptors (Lipinski definition) is 5. The predicted octanol–water partition coefficient (Wildman–Crippen LogP) is 2.09. The number of carbonyl (C=O) groups excluding carboxylic acids is 1. The van der Waals surface area contributed by atoms with Gasteiger partial charge >= 0.3 is 5.97 Å². The lowest BCUT2D eigenvalue weighted by Gasteiger charge is -2.21. The first kappa shape index (κ1) is 12.5. The normalized spacial score (nSPS) is 18.4. The largest absolute Gasteiger partial charge is 0.465 e. The molecule has 1 atom stereocenters. The molecule has 0 saturated carbocycles. The van der Waals surface area contributed by atoms with Crippen LogP contribution in [-0.2, 0) is 4.74 Å². The summed E-state index contributed by atoms with van der Waals surface area (Å²) in [5.41, 5.74) is 0.387. The molecule has 0 spiro atoms. The highest BCUT2D eigenvalue weighted by Gasteiger charge is 2.18. The van der Waals surface area contributed by atoms with Crippen molar-refractivity contribution in [3.05, 3.63) is 29.7 Å². The van der Waals surface area contributed by atoms with Crippen LogP contribution in [0.4, 0.5) is 5.82 Å². The van der Waals surface area contributed by atoms with Crippen molar-refractivity contribution in [2.24, 2.45) is 0 Å². The fourth-order valence-electron chi connectivity index (χ4n) is 1.96. The lowest BCUT2D eigenvalue weighted by molar-refractivity contribution is 0.0601. The fourth-order valence-corrected chi connectivity index (χ4v) is 1.96. The molecule has 0 aromatic carbocycles. The van der Waals surface area contributed by atoms with Gasteiger partial charge < -0.3 is 10.1 Å². The highest BCUT2D eigenvalue weighted by Crippen LogP contribution is 2.19. The van der Waals surface area contributed by atoms with E-state index in [1.54, 1.807) is 6.92 Å². The Morgan fingerprint density at radius 1 is 1.50 bits per heavy atom. The van der Waals surface area contributed by atoms with Crippen molar-refractivity contribution in [2.75, 3.05) is 12.4 Å². The molecule has 0 fully saturated rings. The molecule has 1 aliphatic carbocycles. The number of hydrogen-bond donors (Lipinski definition) is 1. The van der Waals surface area contributed by atoms with Crippen molar-refractivity contribution in [3.63, 3.8) is 0 Å². The third kappa shape index (κ3) is 2.85. The molecular weight excluding hydrogens is 230 g/mol. The molecule has 96 valence electrons. The van der Waals surface area contributed by atoms with Gasteiger partial charge in [0.15, 0.2) is 0 Å². The van der Waals surface area contributed by atoms with Crippen LogP contribution in [0.3, 0.4) is 0 Å². The quantitative estimate of drug-likeness (QED) is 0.654. The average Bonchev–Trinajstić information content (AvgIpc) is 2.39. The van der Waals surface area contributed by atoms with Crippen LogP contribution in [0.25, 0.3) is 0 Å². The molecule has 0 bridgehead atoms. The number of carbonyl (C=O) groups is 1. The summed E-state index contributed by atoms with van der Waals surface area (Å²) in [5, 5.41) is 3.30. The van der Waals surface area contributed by atoms with Gasteiger partial charge in [0.25, 0.3) is 0 Å². The monoisotopic (exact) mass is 247 g/mol. The molecule has 0 saturated heterocycles. The average molecular weight is 247 g/mol. The first-order chi connectivity index (χ1) is 8.70. The minimum atomic E-state index is -0.413. The summed E-state index contributed by atoms with van der Waals surface area (Å²) in [7, 11) is 1.36. The van der Waals surface area contributed by atoms with Gasteiger partial charge in [-0.2, -0.15) is 0 Å². The van der Waals surface area contributed by atoms with Gasteiger partial charge in [-0.3, -0.25) is 0 Å². The van der Waals surface area contributed by atoms with Crippen molar-refractivity contribution in [2.45, 2.75) is 32.2 Å². The molecule has 1 heterocycles. The highest BCUT2D eigenvalue weighted by molar-refractivity contribution is 5.94. The van der Waals surface area contributed by atoms with E-state index in [-0.39, 0.29) is 0 Å². The van der Waals surface area contributed by atoms with Crippen molar-refractivity contribution < 1.29 is 9.53 Å². The zero-order valence-electron chi connectivity index (χ0n) is 10.6. The number of ether oxygens (including phenoxy) is 1. The minimum absolute atomic E-state index is 0.313. The van der Waals surface area contributed by atoms with Gasteiger partial charge in [0.2, 0.25) is 0 Å². The molecule has 0 amide bonds. The summed E-state index contributed by atoms with van der Waals surface area (Å²) in [6.07, 6.45) is 8.87. The Bertz CT molecular complexity index is 471. The van der Waals surface area contributed by atoms with Crippen LogP contribution in [-0.4, -0.2) is 29.1 Å². The minimum Gasteiger partial charge on any atom is -0.465 e. The number of anilines is 1. The summed E-state index contributed by atoms with van der Waals surface area (Å²) < 4.78 is 4.73. The Morgan fingerprint density at radius 2 is 2.33 bits per heavy atom. The maximum absolute atomic E-state index is 11.6. The van der Waals surface area contributed by atoms with E-state index in [4.69, 9.17) is 4.74 Å². The maximum atomic E-state index is 11.6. The van der Waals surface area contributed by atoms with E-state index in [9.17, 15) is 4.79 Å². The van der Waals surface area contributed by atoms with Crippen molar-refractivity contribution in [3.8, 4) is 0 Å². The summed E-state index contributed by atoms with van der Waals surface area (Å²) in [6, 6.07) is 0.313. The molecule has 1 aromatic rings. The van der Waals surface area contributed by atoms with Gasteiger partial charge in [-0.25, -0.2) is 14.8 Å². The Labute approximate surface area is 106 Å². The Balaban J connectivity index is 2.21. The third-order valence-corrected chi connectivity index (χ3v) is 2.92. The summed E-state index contributed by atoms with van der Waals surface area (Å²) in [5.74, 6) is 0.787. The zero-order valence-corrected chi connectivity index (χ0v) is 10.6. The smallest absolute Gasteiger partial charge is 0.343 e. The van der Waals surface area contributed by atoms with E-state index in [0.717, 1.165) is 19.3 Å². The fraction of sp³-hybridized carbons (Fsp3) is 0.462. The number of aryl methyl sites for hydroxylation is 1. The van der Waals surface area contributed by atoms with Crippen LogP contribution in [0.5, 0.6) is 0 Å². The standard InChI is InChI=1S/C13H17N3O2/c1-9-14-8-11(13(17)18-2)12(15-9)16-10-6-4-3-5-7-10/h3-4,8,10H,5-7H2,1-2H3,(H,14,15,16). The molecule has 1 aliphatic rings. The van der Waals surface area contributed by atoms with Gasteiger partial charge in [0.1, 0.15) is 17.2 Å². The SMILES string of the molecule is COC(=O)c1cnc(C)nc1NC1CC=CCC1. The van der Waals surface area contributed by atoms with Gasteiger partial charge in [0.05, 0.1) is 7.11 Å². The van der Waals surface area contributed by atoms with Gasteiger partial charge in [-0.15, -0.1) is 0 Å². The van der Waals surface area contributed by atoms with Gasteiger partial charge in [-0.05, 0) is 26.2 Å². The third-order valence-electron chi connectivity index (χ3n) is 2.92. The Hall–Kier alpha value is -1.91. The number of allylic oxidation sites excluding steroid dienone is 1. The van der Waals surface area contributed by atoms with E-state index < -0.39 is 5.97 Å². The van der Waals surface area contributed by atoms with E-state index in [1.807, 2.05) is 0 Å². The number of rotatable bonds is 3. The van der Waals surface area contributed by atoms with Crippen LogP contribution in [0, 0.1) is 6.92 Å². The number of esters is 1. The highest BCUT2D eigenvalue weighted by atomic mass is 16.5. The number of aromatic nitrogens is 2. The van der Waals surface area contributed by atoms with Gasteiger partial charge in [0, 0.05) is 12.2 Å². The number of nitrogens with zero attached hydrogens (tertiary/aromatic N) is 2. The van der Waals surface area contributed by atoms with Crippen LogP contribution >= 0.6 is 0 Å². The van der Waals surface area contributed by atoms with Crippen molar-refractivity contribution in [1.82, 2.24) is 9.97 Å². The topological polar surface area (TPSA) is 64.1 Å². The zero-order chi connectivity index (χ0) is 13.0. The summed E-state index contributed by atoms with van der Waals surface area (Å²) in [4.78, 5) is 20.0. The molecule has 0 aliphatic heterocycles. The van der Waals surface area contributed by atoms with E-state index in [1.165, 1.54) is 13.3 Å². The molecule has 1 N–H and O–H groups in total. The second-order valence-corrected chi connectivity index (χ2v) is 4.30. The molecule has 2 rings (SSSR count). The summed E-state index contributed by atoms with van der Waals surface area (Å²) >= 11 is 0.